The Morgan fingerprint density at radius 1 is 0.800 bits per heavy atom. The van der Waals surface area contributed by atoms with Crippen LogP contribution in [0.25, 0.3) is 0 Å². The van der Waals surface area contributed by atoms with Crippen molar-refractivity contribution in [2.45, 2.75) is 114 Å². The van der Waals surface area contributed by atoms with Crippen LogP contribution >= 0.6 is 0 Å². The summed E-state index contributed by atoms with van der Waals surface area (Å²) in [5, 5.41) is 24.4. The highest BCUT2D eigenvalue weighted by atomic mass is 16.5. The summed E-state index contributed by atoms with van der Waals surface area (Å²) >= 11 is 0. The van der Waals surface area contributed by atoms with Gasteiger partial charge in [0, 0.05) is 12.8 Å². The zero-order chi connectivity index (χ0) is 20.9. The molecule has 30 heavy (non-hydrogen) atoms. The predicted molar refractivity (Wildman–Crippen MR) is 118 cm³/mol. The molecule has 5 atom stereocenters. The molecule has 6 nitrogen and oxygen atoms in total. The lowest BCUT2D eigenvalue weighted by Crippen LogP contribution is -3.12. The first-order valence-electron chi connectivity index (χ1n) is 12.8. The van der Waals surface area contributed by atoms with Gasteiger partial charge in [-0.2, -0.15) is 4.91 Å². The van der Waals surface area contributed by atoms with E-state index in [0.717, 1.165) is 87.9 Å². The average Bonchev–Trinajstić information content (AvgIpc) is 2.79. The van der Waals surface area contributed by atoms with Crippen LogP contribution in [0.15, 0.2) is 5.18 Å². The van der Waals surface area contributed by atoms with Crippen LogP contribution in [-0.2, 0) is 4.74 Å². The zero-order valence-corrected chi connectivity index (χ0v) is 18.6. The lowest BCUT2D eigenvalue weighted by atomic mass is 9.69. The Balaban J connectivity index is 1.11. The number of quaternary nitrogens is 1. The fraction of sp³-hybridized carbons (Fsp3) is 1.00. The third kappa shape index (κ3) is 5.81. The van der Waals surface area contributed by atoms with Crippen LogP contribution in [0.3, 0.4) is 0 Å². The largest absolute Gasteiger partial charge is 0.634 e. The summed E-state index contributed by atoms with van der Waals surface area (Å²) in [5.41, 5.74) is 0. The summed E-state index contributed by atoms with van der Waals surface area (Å²) in [4.78, 5) is 10.7. The van der Waals surface area contributed by atoms with Crippen LogP contribution in [0.5, 0.6) is 0 Å². The van der Waals surface area contributed by atoms with Crippen molar-refractivity contribution >= 4 is 0 Å². The van der Waals surface area contributed by atoms with Gasteiger partial charge >= 0.3 is 0 Å². The van der Waals surface area contributed by atoms with E-state index in [1.807, 2.05) is 0 Å². The van der Waals surface area contributed by atoms with Gasteiger partial charge in [-0.15, -0.1) is 0 Å². The third-order valence-electron chi connectivity index (χ3n) is 9.05. The van der Waals surface area contributed by atoms with Crippen LogP contribution in [-0.4, -0.2) is 42.5 Å². The van der Waals surface area contributed by atoms with Gasteiger partial charge in [0.25, 0.3) is 0 Å². The number of hydrogen-bond donors (Lipinski definition) is 1. The van der Waals surface area contributed by atoms with Gasteiger partial charge in [0.15, 0.2) is 6.10 Å². The molecule has 0 radical (unpaired) electrons. The number of hydroxylamine groups is 2. The molecule has 4 aliphatic rings. The molecular formula is C24H43N2O4+. The van der Waals surface area contributed by atoms with E-state index >= 15 is 0 Å². The van der Waals surface area contributed by atoms with E-state index < -0.39 is 0 Å². The van der Waals surface area contributed by atoms with Crippen molar-refractivity contribution in [2.24, 2.45) is 28.8 Å². The third-order valence-corrected chi connectivity index (χ3v) is 9.05. The Bertz CT molecular complexity index is 531. The molecule has 0 aromatic heterocycles. The van der Waals surface area contributed by atoms with Crippen LogP contribution in [0.4, 0.5) is 0 Å². The number of rotatable bonds is 7. The molecule has 5 unspecified atom stereocenters. The van der Waals surface area contributed by atoms with Crippen molar-refractivity contribution in [1.82, 2.24) is 0 Å². The lowest BCUT2D eigenvalue weighted by molar-refractivity contribution is -0.878. The first kappa shape index (κ1) is 22.6. The molecule has 3 N–H and O–H groups in total. The van der Waals surface area contributed by atoms with Gasteiger partial charge in [-0.25, -0.2) is 0 Å². The summed E-state index contributed by atoms with van der Waals surface area (Å²) < 4.78 is 6.16. The Labute approximate surface area is 181 Å². The fourth-order valence-electron chi connectivity index (χ4n) is 7.12. The second-order valence-corrected chi connectivity index (χ2v) is 10.8. The van der Waals surface area contributed by atoms with E-state index in [-0.39, 0.29) is 18.2 Å². The number of fused-ring (bicyclic) bond motifs is 1. The maximum Gasteiger partial charge on any atom is 0.153 e. The van der Waals surface area contributed by atoms with E-state index in [9.17, 15) is 10.1 Å². The second-order valence-electron chi connectivity index (χ2n) is 10.8. The van der Waals surface area contributed by atoms with Crippen molar-refractivity contribution in [1.29, 1.82) is 0 Å². The average molecular weight is 424 g/mol. The number of hydrogen-bond acceptors (Lipinski definition) is 4. The van der Waals surface area contributed by atoms with Gasteiger partial charge in [-0.1, -0.05) is 5.18 Å². The topological polar surface area (TPSA) is 89.1 Å². The van der Waals surface area contributed by atoms with Crippen LogP contribution in [0.1, 0.15) is 89.9 Å². The molecular weight excluding hydrogens is 380 g/mol. The Morgan fingerprint density at radius 2 is 1.40 bits per heavy atom. The van der Waals surface area contributed by atoms with Gasteiger partial charge in [0.1, 0.15) is 6.54 Å². The molecule has 4 aliphatic carbocycles. The van der Waals surface area contributed by atoms with Gasteiger partial charge < -0.3 is 20.1 Å². The number of ether oxygens (including phenoxy) is 1. The normalized spacial score (nSPS) is 43.5. The smallest absolute Gasteiger partial charge is 0.153 e. The minimum Gasteiger partial charge on any atom is -0.634 e. The van der Waals surface area contributed by atoms with Gasteiger partial charge in [0.05, 0.1) is 24.8 Å². The Morgan fingerprint density at radius 3 is 2.10 bits per heavy atom. The maximum absolute atomic E-state index is 12.7. The molecule has 6 heteroatoms. The highest BCUT2D eigenvalue weighted by Gasteiger charge is 2.37. The van der Waals surface area contributed by atoms with E-state index in [4.69, 9.17) is 9.84 Å². The number of nitrogens with zero attached hydrogens (tertiary/aromatic N) is 1. The molecule has 172 valence electrons. The molecule has 0 amide bonds. The monoisotopic (exact) mass is 423 g/mol. The summed E-state index contributed by atoms with van der Waals surface area (Å²) in [5.74, 6) is 3.02. The molecule has 4 fully saturated rings. The van der Waals surface area contributed by atoms with Crippen molar-refractivity contribution in [3.63, 3.8) is 0 Å². The SMILES string of the molecule is O=NC1CCC(C2CCC([NH+]([O-])CCOC3CCC4CC([OH2+])CCC4C3)CC2)CC1. The summed E-state index contributed by atoms with van der Waals surface area (Å²) in [7, 11) is 0. The van der Waals surface area contributed by atoms with E-state index in [1.165, 1.54) is 25.7 Å². The van der Waals surface area contributed by atoms with Crippen molar-refractivity contribution in [2.75, 3.05) is 13.2 Å². The molecule has 4 rings (SSSR count). The van der Waals surface area contributed by atoms with Crippen molar-refractivity contribution in [3.05, 3.63) is 10.1 Å². The van der Waals surface area contributed by atoms with Crippen LogP contribution in [0, 0.1) is 33.8 Å². The fourth-order valence-corrected chi connectivity index (χ4v) is 7.12. The molecule has 0 aromatic rings. The molecule has 0 aliphatic heterocycles. The van der Waals surface area contributed by atoms with E-state index in [1.54, 1.807) is 0 Å². The molecule has 0 heterocycles. The molecule has 0 aromatic carbocycles. The molecule has 0 bridgehead atoms. The summed E-state index contributed by atoms with van der Waals surface area (Å²) in [6.45, 7) is 1.19. The molecule has 4 saturated carbocycles. The van der Waals surface area contributed by atoms with Gasteiger partial charge in [0.2, 0.25) is 0 Å². The minimum atomic E-state index is 0.0573. The molecule has 0 spiro atoms. The van der Waals surface area contributed by atoms with Crippen molar-refractivity contribution < 1.29 is 14.9 Å². The van der Waals surface area contributed by atoms with Crippen molar-refractivity contribution in [3.8, 4) is 0 Å². The van der Waals surface area contributed by atoms with Gasteiger partial charge in [-0.3, -0.25) is 0 Å². The maximum atomic E-state index is 12.7. The Kier molecular flexibility index (Phi) is 8.18. The van der Waals surface area contributed by atoms with Crippen LogP contribution < -0.4 is 5.06 Å². The van der Waals surface area contributed by atoms with Gasteiger partial charge in [-0.05, 0) is 101 Å². The number of nitrogens with one attached hydrogen (secondary N) is 1. The Hall–Kier alpha value is -0.560. The second kappa shape index (κ2) is 10.8. The number of nitroso groups, excluding NO2 is 1. The quantitative estimate of drug-likeness (QED) is 0.387. The first-order valence-corrected chi connectivity index (χ1v) is 12.8. The van der Waals surface area contributed by atoms with E-state index in [0.29, 0.717) is 24.3 Å². The minimum absolute atomic E-state index is 0.0573. The summed E-state index contributed by atoms with van der Waals surface area (Å²) in [6.07, 6.45) is 16.1. The first-order chi connectivity index (χ1) is 14.6. The van der Waals surface area contributed by atoms with Crippen LogP contribution in [0.2, 0.25) is 0 Å². The summed E-state index contributed by atoms with van der Waals surface area (Å²) in [6, 6.07) is 0.308. The highest BCUT2D eigenvalue weighted by Crippen LogP contribution is 2.41. The lowest BCUT2D eigenvalue weighted by Gasteiger charge is -2.41. The predicted octanol–water partition coefficient (Wildman–Crippen LogP) is 3.33. The molecule has 0 saturated heterocycles. The zero-order valence-electron chi connectivity index (χ0n) is 18.6. The standard InChI is InChI=1S/C24H42N2O4/c27-23-11-5-20-16-24(12-6-19(20)15-23)30-14-13-26(29)22-9-3-18(4-10-22)17-1-7-21(25-28)8-2-17/h17-24,26-27H,1-16H2/p+1. The van der Waals surface area contributed by atoms with E-state index in [2.05, 4.69) is 5.18 Å². The highest BCUT2D eigenvalue weighted by molar-refractivity contribution is 4.87.